The van der Waals surface area contributed by atoms with Crippen molar-refractivity contribution >= 4 is 29.1 Å². The number of esters is 1. The van der Waals surface area contributed by atoms with Gasteiger partial charge >= 0.3 is 5.97 Å². The second-order valence-corrected chi connectivity index (χ2v) is 7.36. The molecule has 32 heavy (non-hydrogen) atoms. The first kappa shape index (κ1) is 21.0. The minimum absolute atomic E-state index is 0.0338. The van der Waals surface area contributed by atoms with E-state index in [1.54, 1.807) is 54.7 Å². The van der Waals surface area contributed by atoms with E-state index in [9.17, 15) is 19.5 Å². The molecular formula is C25H20N2O5. The highest BCUT2D eigenvalue weighted by atomic mass is 16.5. The molecule has 1 N–H and O–H groups in total. The lowest BCUT2D eigenvalue weighted by Crippen LogP contribution is -2.29. The maximum absolute atomic E-state index is 13.1. The molecule has 1 aliphatic rings. The molecule has 160 valence electrons. The van der Waals surface area contributed by atoms with Crippen molar-refractivity contribution in [3.63, 3.8) is 0 Å². The standard InChI is InChI=1S/C25H20N2O5/c1-15-5-7-17(8-6-15)22(28)20-21(16-9-11-18(12-10-16)25(31)32-2)27(24(30)23(20)29)19-4-3-13-26-14-19/h3-14,21,28H,1-2H3. The summed E-state index contributed by atoms with van der Waals surface area (Å²) in [7, 11) is 1.29. The molecule has 1 aliphatic heterocycles. The van der Waals surface area contributed by atoms with Crippen LogP contribution in [0.3, 0.4) is 0 Å². The molecule has 0 spiro atoms. The fraction of sp³-hybridized carbons (Fsp3) is 0.120. The summed E-state index contributed by atoms with van der Waals surface area (Å²) < 4.78 is 4.74. The van der Waals surface area contributed by atoms with Gasteiger partial charge in [-0.1, -0.05) is 42.0 Å². The number of pyridine rings is 1. The van der Waals surface area contributed by atoms with Crippen molar-refractivity contribution in [1.29, 1.82) is 0 Å². The number of Topliss-reactive ketones (excluding diaryl/α,β-unsaturated/α-hetero) is 1. The highest BCUT2D eigenvalue weighted by molar-refractivity contribution is 6.51. The van der Waals surface area contributed by atoms with E-state index in [-0.39, 0.29) is 11.3 Å². The summed E-state index contributed by atoms with van der Waals surface area (Å²) in [6, 6.07) is 15.8. The van der Waals surface area contributed by atoms with Gasteiger partial charge in [0.05, 0.1) is 36.2 Å². The number of aromatic nitrogens is 1. The molecule has 7 heteroatoms. The smallest absolute Gasteiger partial charge is 0.337 e. The largest absolute Gasteiger partial charge is 0.507 e. The lowest BCUT2D eigenvalue weighted by molar-refractivity contribution is -0.132. The predicted molar refractivity (Wildman–Crippen MR) is 118 cm³/mol. The number of carbonyl (C=O) groups excluding carboxylic acids is 3. The third kappa shape index (κ3) is 3.65. The summed E-state index contributed by atoms with van der Waals surface area (Å²) in [5.41, 5.74) is 2.68. The molecule has 4 rings (SSSR count). The number of aliphatic hydroxyl groups is 1. The van der Waals surface area contributed by atoms with Crippen molar-refractivity contribution in [1.82, 2.24) is 4.98 Å². The van der Waals surface area contributed by atoms with Crippen molar-refractivity contribution in [3.05, 3.63) is 101 Å². The van der Waals surface area contributed by atoms with Crippen LogP contribution in [0.5, 0.6) is 0 Å². The van der Waals surface area contributed by atoms with Crippen LogP contribution in [-0.4, -0.2) is 34.9 Å². The number of aryl methyl sites for hydroxylation is 1. The van der Waals surface area contributed by atoms with E-state index in [0.717, 1.165) is 5.56 Å². The maximum atomic E-state index is 13.1. The predicted octanol–water partition coefficient (Wildman–Crippen LogP) is 3.80. The summed E-state index contributed by atoms with van der Waals surface area (Å²) in [6.45, 7) is 1.91. The molecule has 1 aromatic heterocycles. The molecule has 0 bridgehead atoms. The Morgan fingerprint density at radius 1 is 1.00 bits per heavy atom. The minimum Gasteiger partial charge on any atom is -0.507 e. The SMILES string of the molecule is COC(=O)c1ccc(C2C(=C(O)c3ccc(C)cc3)C(=O)C(=O)N2c2cccnc2)cc1. The van der Waals surface area contributed by atoms with Crippen molar-refractivity contribution in [2.75, 3.05) is 12.0 Å². The zero-order valence-electron chi connectivity index (χ0n) is 17.5. The van der Waals surface area contributed by atoms with Gasteiger partial charge in [-0.05, 0) is 36.8 Å². The number of anilines is 1. The van der Waals surface area contributed by atoms with Crippen LogP contribution >= 0.6 is 0 Å². The first-order valence-corrected chi connectivity index (χ1v) is 9.88. The van der Waals surface area contributed by atoms with Crippen LogP contribution in [0.15, 0.2) is 78.6 Å². The Kier molecular flexibility index (Phi) is 5.55. The number of methoxy groups -OCH3 is 1. The quantitative estimate of drug-likeness (QED) is 0.294. The second-order valence-electron chi connectivity index (χ2n) is 7.36. The average molecular weight is 428 g/mol. The van der Waals surface area contributed by atoms with Crippen LogP contribution in [0, 0.1) is 6.92 Å². The molecule has 2 heterocycles. The third-order valence-corrected chi connectivity index (χ3v) is 5.34. The van der Waals surface area contributed by atoms with E-state index >= 15 is 0 Å². The van der Waals surface area contributed by atoms with Gasteiger partial charge in [-0.25, -0.2) is 4.79 Å². The van der Waals surface area contributed by atoms with Crippen molar-refractivity contribution in [2.24, 2.45) is 0 Å². The van der Waals surface area contributed by atoms with Gasteiger partial charge in [0.15, 0.2) is 0 Å². The number of hydrogen-bond donors (Lipinski definition) is 1. The van der Waals surface area contributed by atoms with Crippen molar-refractivity contribution in [2.45, 2.75) is 13.0 Å². The van der Waals surface area contributed by atoms with Crippen LogP contribution in [0.4, 0.5) is 5.69 Å². The highest BCUT2D eigenvalue weighted by Gasteiger charge is 2.47. The molecule has 1 amide bonds. The van der Waals surface area contributed by atoms with E-state index in [0.29, 0.717) is 22.4 Å². The summed E-state index contributed by atoms with van der Waals surface area (Å²) in [4.78, 5) is 43.3. The van der Waals surface area contributed by atoms with Gasteiger partial charge in [-0.2, -0.15) is 0 Å². The number of rotatable bonds is 4. The molecule has 0 radical (unpaired) electrons. The Bertz CT molecular complexity index is 1220. The number of benzene rings is 2. The molecule has 0 aliphatic carbocycles. The number of nitrogens with zero attached hydrogens (tertiary/aromatic N) is 2. The third-order valence-electron chi connectivity index (χ3n) is 5.34. The van der Waals surface area contributed by atoms with Crippen LogP contribution < -0.4 is 4.90 Å². The van der Waals surface area contributed by atoms with Gasteiger partial charge in [0.25, 0.3) is 11.7 Å². The van der Waals surface area contributed by atoms with Gasteiger partial charge in [-0.15, -0.1) is 0 Å². The number of hydrogen-bond acceptors (Lipinski definition) is 6. The van der Waals surface area contributed by atoms with Crippen LogP contribution in [0.2, 0.25) is 0 Å². The molecule has 7 nitrogen and oxygen atoms in total. The van der Waals surface area contributed by atoms with Gasteiger partial charge in [-0.3, -0.25) is 19.5 Å². The van der Waals surface area contributed by atoms with E-state index < -0.39 is 23.7 Å². The fourth-order valence-corrected chi connectivity index (χ4v) is 3.70. The summed E-state index contributed by atoms with van der Waals surface area (Å²) >= 11 is 0. The normalized spacial score (nSPS) is 17.4. The fourth-order valence-electron chi connectivity index (χ4n) is 3.70. The topological polar surface area (TPSA) is 96.8 Å². The van der Waals surface area contributed by atoms with Crippen molar-refractivity contribution in [3.8, 4) is 0 Å². The van der Waals surface area contributed by atoms with E-state index in [4.69, 9.17) is 4.74 Å². The Morgan fingerprint density at radius 2 is 1.66 bits per heavy atom. The molecular weight excluding hydrogens is 408 g/mol. The summed E-state index contributed by atoms with van der Waals surface area (Å²) in [5.74, 6) is -2.34. The average Bonchev–Trinajstić information content (AvgIpc) is 3.09. The van der Waals surface area contributed by atoms with Gasteiger partial charge < -0.3 is 9.84 Å². The number of ketones is 1. The number of amides is 1. The number of ether oxygens (including phenoxy) is 1. The van der Waals surface area contributed by atoms with E-state index in [2.05, 4.69) is 4.98 Å². The highest BCUT2D eigenvalue weighted by Crippen LogP contribution is 2.41. The number of carbonyl (C=O) groups is 3. The Balaban J connectivity index is 1.90. The second kappa shape index (κ2) is 8.47. The van der Waals surface area contributed by atoms with E-state index in [1.807, 2.05) is 19.1 Å². The van der Waals surface area contributed by atoms with Gasteiger partial charge in [0.1, 0.15) is 5.76 Å². The zero-order chi connectivity index (χ0) is 22.8. The van der Waals surface area contributed by atoms with Gasteiger partial charge in [0.2, 0.25) is 0 Å². The van der Waals surface area contributed by atoms with Crippen LogP contribution in [0.25, 0.3) is 5.76 Å². The van der Waals surface area contributed by atoms with Crippen LogP contribution in [-0.2, 0) is 14.3 Å². The van der Waals surface area contributed by atoms with Crippen LogP contribution in [0.1, 0.15) is 33.1 Å². The maximum Gasteiger partial charge on any atom is 0.337 e. The monoisotopic (exact) mass is 428 g/mol. The Labute approximate surface area is 184 Å². The molecule has 0 saturated carbocycles. The molecule has 1 fully saturated rings. The van der Waals surface area contributed by atoms with Gasteiger partial charge in [0, 0.05) is 11.8 Å². The molecule has 3 aromatic rings. The molecule has 1 unspecified atom stereocenters. The minimum atomic E-state index is -0.896. The summed E-state index contributed by atoms with van der Waals surface area (Å²) in [6.07, 6.45) is 3.04. The summed E-state index contributed by atoms with van der Waals surface area (Å²) in [5, 5.41) is 11.1. The van der Waals surface area contributed by atoms with Crippen molar-refractivity contribution < 1.29 is 24.2 Å². The lowest BCUT2D eigenvalue weighted by Gasteiger charge is -2.25. The van der Waals surface area contributed by atoms with E-state index in [1.165, 1.54) is 18.2 Å². The first-order valence-electron chi connectivity index (χ1n) is 9.88. The zero-order valence-corrected chi connectivity index (χ0v) is 17.5. The Hall–Kier alpha value is -4.26. The Morgan fingerprint density at radius 3 is 2.25 bits per heavy atom. The first-order chi connectivity index (χ1) is 15.4. The molecule has 2 aromatic carbocycles. The number of aliphatic hydroxyl groups excluding tert-OH is 1. The molecule has 1 saturated heterocycles. The molecule has 1 atom stereocenters. The lowest BCUT2D eigenvalue weighted by atomic mass is 9.94.